The van der Waals surface area contributed by atoms with Crippen molar-refractivity contribution < 1.29 is 9.94 Å². The van der Waals surface area contributed by atoms with Crippen LogP contribution in [0.5, 0.6) is 5.88 Å². The monoisotopic (exact) mass is 181 g/mol. The molecule has 1 rings (SSSR count). The molecule has 0 aliphatic carbocycles. The van der Waals surface area contributed by atoms with Gasteiger partial charge in [-0.3, -0.25) is 0 Å². The number of hydrogen-bond acceptors (Lipinski definition) is 4. The van der Waals surface area contributed by atoms with Crippen molar-refractivity contribution in [2.45, 2.75) is 6.92 Å². The van der Waals surface area contributed by atoms with Gasteiger partial charge >= 0.3 is 0 Å². The number of oxime groups is 1. The third kappa shape index (κ3) is 2.33. The lowest BCUT2D eigenvalue weighted by atomic mass is 10.3. The summed E-state index contributed by atoms with van der Waals surface area (Å²) in [7, 11) is 0. The lowest BCUT2D eigenvalue weighted by molar-refractivity contribution is 0.318. The van der Waals surface area contributed by atoms with Gasteiger partial charge in [-0.25, -0.2) is 4.98 Å². The van der Waals surface area contributed by atoms with E-state index < -0.39 is 0 Å². The Balaban J connectivity index is 2.81. The normalized spacial score (nSPS) is 11.3. The Kier molecular flexibility index (Phi) is 3.08. The van der Waals surface area contributed by atoms with Gasteiger partial charge < -0.3 is 15.7 Å². The number of amidine groups is 1. The van der Waals surface area contributed by atoms with Crippen molar-refractivity contribution in [3.8, 4) is 5.88 Å². The Morgan fingerprint density at radius 2 is 2.46 bits per heavy atom. The van der Waals surface area contributed by atoms with Gasteiger partial charge in [0, 0.05) is 17.8 Å². The molecule has 13 heavy (non-hydrogen) atoms. The zero-order valence-electron chi connectivity index (χ0n) is 7.27. The summed E-state index contributed by atoms with van der Waals surface area (Å²) in [5.74, 6) is 0.563. The molecule has 5 heteroatoms. The van der Waals surface area contributed by atoms with E-state index in [4.69, 9.17) is 15.7 Å². The van der Waals surface area contributed by atoms with Gasteiger partial charge in [-0.15, -0.1) is 0 Å². The van der Waals surface area contributed by atoms with Crippen LogP contribution in [-0.4, -0.2) is 22.6 Å². The Morgan fingerprint density at radius 3 is 2.92 bits per heavy atom. The van der Waals surface area contributed by atoms with Gasteiger partial charge in [0.15, 0.2) is 5.84 Å². The molecule has 3 N–H and O–H groups in total. The average Bonchev–Trinajstić information content (AvgIpc) is 2.18. The highest BCUT2D eigenvalue weighted by Crippen LogP contribution is 2.06. The van der Waals surface area contributed by atoms with Gasteiger partial charge in [0.2, 0.25) is 5.88 Å². The van der Waals surface area contributed by atoms with Crippen molar-refractivity contribution in [2.75, 3.05) is 6.61 Å². The Morgan fingerprint density at radius 1 is 1.69 bits per heavy atom. The minimum atomic E-state index is 0.0375. The molecular weight excluding hydrogens is 170 g/mol. The van der Waals surface area contributed by atoms with E-state index in [0.717, 1.165) is 0 Å². The van der Waals surface area contributed by atoms with Crippen molar-refractivity contribution in [2.24, 2.45) is 10.9 Å². The van der Waals surface area contributed by atoms with E-state index in [1.165, 1.54) is 6.20 Å². The Labute approximate surface area is 75.8 Å². The summed E-state index contributed by atoms with van der Waals surface area (Å²) in [6, 6.07) is 3.34. The highest BCUT2D eigenvalue weighted by molar-refractivity contribution is 5.96. The Hall–Kier alpha value is -1.78. The van der Waals surface area contributed by atoms with Gasteiger partial charge in [-0.05, 0) is 13.0 Å². The summed E-state index contributed by atoms with van der Waals surface area (Å²) in [6.45, 7) is 2.44. The van der Waals surface area contributed by atoms with Crippen molar-refractivity contribution in [3.05, 3.63) is 23.9 Å². The van der Waals surface area contributed by atoms with Gasteiger partial charge in [0.1, 0.15) is 0 Å². The lowest BCUT2D eigenvalue weighted by Gasteiger charge is -2.01. The van der Waals surface area contributed by atoms with E-state index in [2.05, 4.69) is 10.1 Å². The molecule has 5 nitrogen and oxygen atoms in total. The van der Waals surface area contributed by atoms with Crippen LogP contribution in [0.2, 0.25) is 0 Å². The maximum absolute atomic E-state index is 8.36. The first kappa shape index (κ1) is 9.31. The molecule has 70 valence electrons. The molecule has 0 aliphatic heterocycles. The molecule has 0 aromatic carbocycles. The van der Waals surface area contributed by atoms with E-state index in [1.807, 2.05) is 6.92 Å². The maximum Gasteiger partial charge on any atom is 0.213 e. The highest BCUT2D eigenvalue weighted by Gasteiger charge is 1.99. The fraction of sp³-hybridized carbons (Fsp3) is 0.250. The zero-order chi connectivity index (χ0) is 9.68. The van der Waals surface area contributed by atoms with Crippen LogP contribution in [0.3, 0.4) is 0 Å². The zero-order valence-corrected chi connectivity index (χ0v) is 7.27. The molecule has 0 unspecified atom stereocenters. The SMILES string of the molecule is CCOc1ccc(/C(N)=N/O)cn1. The predicted molar refractivity (Wildman–Crippen MR) is 47.9 cm³/mol. The van der Waals surface area contributed by atoms with Crippen LogP contribution in [0.4, 0.5) is 0 Å². The molecule has 0 saturated carbocycles. The minimum Gasteiger partial charge on any atom is -0.478 e. The van der Waals surface area contributed by atoms with Gasteiger partial charge in [0.05, 0.1) is 6.61 Å². The van der Waals surface area contributed by atoms with E-state index in [9.17, 15) is 0 Å². The average molecular weight is 181 g/mol. The van der Waals surface area contributed by atoms with Crippen LogP contribution in [0.1, 0.15) is 12.5 Å². The quantitative estimate of drug-likeness (QED) is 0.309. The van der Waals surface area contributed by atoms with E-state index in [0.29, 0.717) is 18.1 Å². The van der Waals surface area contributed by atoms with Crippen molar-refractivity contribution in [1.82, 2.24) is 4.98 Å². The summed E-state index contributed by atoms with van der Waals surface area (Å²) in [6.07, 6.45) is 1.49. The molecule has 0 bridgehead atoms. The first-order chi connectivity index (χ1) is 6.27. The smallest absolute Gasteiger partial charge is 0.213 e. The van der Waals surface area contributed by atoms with Gasteiger partial charge in [-0.2, -0.15) is 0 Å². The van der Waals surface area contributed by atoms with Gasteiger partial charge in [-0.1, -0.05) is 5.16 Å². The van der Waals surface area contributed by atoms with Crippen LogP contribution in [0.25, 0.3) is 0 Å². The second-order valence-corrected chi connectivity index (χ2v) is 2.30. The van der Waals surface area contributed by atoms with Crippen molar-refractivity contribution >= 4 is 5.84 Å². The second-order valence-electron chi connectivity index (χ2n) is 2.30. The molecule has 0 radical (unpaired) electrons. The lowest BCUT2D eigenvalue weighted by Crippen LogP contribution is -2.13. The first-order valence-electron chi connectivity index (χ1n) is 3.84. The molecule has 1 aromatic heterocycles. The molecule has 0 amide bonds. The number of nitrogens with zero attached hydrogens (tertiary/aromatic N) is 2. The topological polar surface area (TPSA) is 80.7 Å². The van der Waals surface area contributed by atoms with Crippen LogP contribution in [0, 0.1) is 0 Å². The van der Waals surface area contributed by atoms with Crippen LogP contribution in [0.15, 0.2) is 23.5 Å². The number of pyridine rings is 1. The Bertz CT molecular complexity index is 295. The van der Waals surface area contributed by atoms with Crippen LogP contribution in [-0.2, 0) is 0 Å². The summed E-state index contributed by atoms with van der Waals surface area (Å²) in [5, 5.41) is 11.2. The molecule has 0 aliphatic rings. The molecule has 0 atom stereocenters. The number of rotatable bonds is 3. The molecular formula is C8H11N3O2. The van der Waals surface area contributed by atoms with E-state index in [-0.39, 0.29) is 5.84 Å². The number of nitrogens with two attached hydrogens (primary N) is 1. The fourth-order valence-corrected chi connectivity index (χ4v) is 0.823. The maximum atomic E-state index is 8.36. The largest absolute Gasteiger partial charge is 0.478 e. The number of aromatic nitrogens is 1. The third-order valence-electron chi connectivity index (χ3n) is 1.43. The van der Waals surface area contributed by atoms with Gasteiger partial charge in [0.25, 0.3) is 0 Å². The first-order valence-corrected chi connectivity index (χ1v) is 3.84. The second kappa shape index (κ2) is 4.30. The number of hydrogen-bond donors (Lipinski definition) is 2. The molecule has 1 aromatic rings. The van der Waals surface area contributed by atoms with E-state index in [1.54, 1.807) is 12.1 Å². The van der Waals surface area contributed by atoms with Crippen molar-refractivity contribution in [1.29, 1.82) is 0 Å². The molecule has 1 heterocycles. The highest BCUT2D eigenvalue weighted by atomic mass is 16.5. The predicted octanol–water partition coefficient (Wildman–Crippen LogP) is 0.575. The number of ether oxygens (including phenoxy) is 1. The summed E-state index contributed by atoms with van der Waals surface area (Å²) in [5.41, 5.74) is 5.90. The third-order valence-corrected chi connectivity index (χ3v) is 1.43. The van der Waals surface area contributed by atoms with Crippen LogP contribution >= 0.6 is 0 Å². The molecule has 0 spiro atoms. The summed E-state index contributed by atoms with van der Waals surface area (Å²) in [4.78, 5) is 3.94. The summed E-state index contributed by atoms with van der Waals surface area (Å²) < 4.78 is 5.12. The van der Waals surface area contributed by atoms with E-state index >= 15 is 0 Å². The minimum absolute atomic E-state index is 0.0375. The van der Waals surface area contributed by atoms with Crippen LogP contribution < -0.4 is 10.5 Å². The molecule has 0 saturated heterocycles. The van der Waals surface area contributed by atoms with Crippen molar-refractivity contribution in [3.63, 3.8) is 0 Å². The standard InChI is InChI=1S/C8H11N3O2/c1-2-13-7-4-3-6(5-10-7)8(9)11-12/h3-5,12H,2H2,1H3,(H2,9,11). The fourth-order valence-electron chi connectivity index (χ4n) is 0.823. The molecule has 0 fully saturated rings. The summed E-state index contributed by atoms with van der Waals surface area (Å²) >= 11 is 0.